The maximum atomic E-state index is 11.1. The zero-order chi connectivity index (χ0) is 9.94. The molecule has 0 saturated carbocycles. The smallest absolute Gasteiger partial charge is 0.220 e. The van der Waals surface area contributed by atoms with E-state index in [0.29, 0.717) is 19.6 Å². The van der Waals surface area contributed by atoms with Crippen LogP contribution in [0.15, 0.2) is 0 Å². The second-order valence-corrected chi connectivity index (χ2v) is 2.80. The van der Waals surface area contributed by atoms with Crippen LogP contribution in [0.4, 0.5) is 0 Å². The maximum Gasteiger partial charge on any atom is 0.220 e. The number of carbonyl (C=O) groups excluding carboxylic acids is 1. The first-order valence-electron chi connectivity index (χ1n) is 4.77. The fraction of sp³-hybridized carbons (Fsp3) is 0.889. The molecule has 0 spiro atoms. The number of rotatable bonds is 8. The maximum absolute atomic E-state index is 11.1. The Kier molecular flexibility index (Phi) is 9.03. The van der Waals surface area contributed by atoms with Crippen molar-refractivity contribution in [2.24, 2.45) is 0 Å². The van der Waals surface area contributed by atoms with E-state index in [1.807, 2.05) is 6.92 Å². The lowest BCUT2D eigenvalue weighted by Crippen LogP contribution is -2.31. The lowest BCUT2D eigenvalue weighted by atomic mass is 10.3. The molecule has 0 saturated heterocycles. The lowest BCUT2D eigenvalue weighted by Gasteiger charge is -2.04. The SMILES string of the molecule is CCNCCNC(=O)CCCOC. The Labute approximate surface area is 80.0 Å². The summed E-state index contributed by atoms with van der Waals surface area (Å²) < 4.78 is 4.84. The number of methoxy groups -OCH3 is 1. The zero-order valence-corrected chi connectivity index (χ0v) is 8.56. The monoisotopic (exact) mass is 188 g/mol. The highest BCUT2D eigenvalue weighted by molar-refractivity contribution is 5.75. The summed E-state index contributed by atoms with van der Waals surface area (Å²) in [6.07, 6.45) is 1.35. The molecule has 0 fully saturated rings. The van der Waals surface area contributed by atoms with Crippen LogP contribution in [0.3, 0.4) is 0 Å². The van der Waals surface area contributed by atoms with Crippen LogP contribution in [0.5, 0.6) is 0 Å². The Balaban J connectivity index is 3.11. The minimum atomic E-state index is 0.106. The Bertz CT molecular complexity index is 129. The molecule has 0 radical (unpaired) electrons. The third-order valence-corrected chi connectivity index (χ3v) is 1.63. The number of hydrogen-bond acceptors (Lipinski definition) is 3. The van der Waals surface area contributed by atoms with Gasteiger partial charge in [-0.05, 0) is 13.0 Å². The summed E-state index contributed by atoms with van der Waals surface area (Å²) in [5.74, 6) is 0.106. The topological polar surface area (TPSA) is 50.4 Å². The highest BCUT2D eigenvalue weighted by atomic mass is 16.5. The summed E-state index contributed by atoms with van der Waals surface area (Å²) in [6, 6.07) is 0. The van der Waals surface area contributed by atoms with E-state index in [1.165, 1.54) is 0 Å². The quantitative estimate of drug-likeness (QED) is 0.533. The minimum absolute atomic E-state index is 0.106. The van der Waals surface area contributed by atoms with Gasteiger partial charge in [0.25, 0.3) is 0 Å². The van der Waals surface area contributed by atoms with Crippen molar-refractivity contribution in [3.8, 4) is 0 Å². The second-order valence-electron chi connectivity index (χ2n) is 2.80. The molecule has 0 unspecified atom stereocenters. The molecule has 0 aliphatic carbocycles. The average Bonchev–Trinajstić information content (AvgIpc) is 2.13. The molecule has 2 N–H and O–H groups in total. The van der Waals surface area contributed by atoms with Gasteiger partial charge in [0.1, 0.15) is 0 Å². The molecule has 4 nitrogen and oxygen atoms in total. The highest BCUT2D eigenvalue weighted by Crippen LogP contribution is 1.88. The molecule has 0 aromatic carbocycles. The highest BCUT2D eigenvalue weighted by Gasteiger charge is 1.98. The Hall–Kier alpha value is -0.610. The first-order chi connectivity index (χ1) is 6.31. The van der Waals surface area contributed by atoms with Crippen LogP contribution in [0, 0.1) is 0 Å². The Morgan fingerprint density at radius 2 is 2.15 bits per heavy atom. The zero-order valence-electron chi connectivity index (χ0n) is 8.56. The van der Waals surface area contributed by atoms with Crippen molar-refractivity contribution in [3.05, 3.63) is 0 Å². The number of carbonyl (C=O) groups is 1. The van der Waals surface area contributed by atoms with E-state index in [9.17, 15) is 4.79 Å². The third kappa shape index (κ3) is 9.30. The van der Waals surface area contributed by atoms with Crippen LogP contribution < -0.4 is 10.6 Å². The molecular weight excluding hydrogens is 168 g/mol. The molecule has 4 heteroatoms. The predicted octanol–water partition coefficient (Wildman–Crippen LogP) is 0.139. The van der Waals surface area contributed by atoms with Crippen molar-refractivity contribution in [2.45, 2.75) is 19.8 Å². The molecule has 0 rings (SSSR count). The molecule has 13 heavy (non-hydrogen) atoms. The molecule has 0 aromatic heterocycles. The van der Waals surface area contributed by atoms with E-state index in [4.69, 9.17) is 4.74 Å². The number of hydrogen-bond donors (Lipinski definition) is 2. The van der Waals surface area contributed by atoms with Gasteiger partial charge in [0.05, 0.1) is 0 Å². The van der Waals surface area contributed by atoms with Gasteiger partial charge >= 0.3 is 0 Å². The molecule has 0 aliphatic rings. The molecule has 1 amide bonds. The van der Waals surface area contributed by atoms with Crippen molar-refractivity contribution in [1.82, 2.24) is 10.6 Å². The van der Waals surface area contributed by atoms with Crippen molar-refractivity contribution < 1.29 is 9.53 Å². The summed E-state index contributed by atoms with van der Waals surface area (Å²) >= 11 is 0. The van der Waals surface area contributed by atoms with Crippen molar-refractivity contribution in [3.63, 3.8) is 0 Å². The van der Waals surface area contributed by atoms with Gasteiger partial charge in [0, 0.05) is 33.2 Å². The van der Waals surface area contributed by atoms with Crippen LogP contribution in [0.1, 0.15) is 19.8 Å². The van der Waals surface area contributed by atoms with Gasteiger partial charge in [-0.1, -0.05) is 6.92 Å². The molecule has 0 bridgehead atoms. The van der Waals surface area contributed by atoms with E-state index in [2.05, 4.69) is 10.6 Å². The van der Waals surface area contributed by atoms with Crippen LogP contribution in [-0.2, 0) is 9.53 Å². The van der Waals surface area contributed by atoms with E-state index < -0.39 is 0 Å². The summed E-state index contributed by atoms with van der Waals surface area (Å²) in [7, 11) is 1.64. The van der Waals surface area contributed by atoms with Gasteiger partial charge in [-0.25, -0.2) is 0 Å². The van der Waals surface area contributed by atoms with Gasteiger partial charge in [-0.3, -0.25) is 4.79 Å². The van der Waals surface area contributed by atoms with Gasteiger partial charge < -0.3 is 15.4 Å². The van der Waals surface area contributed by atoms with E-state index in [0.717, 1.165) is 19.5 Å². The molecule has 78 valence electrons. The fourth-order valence-electron chi connectivity index (χ4n) is 0.933. The first kappa shape index (κ1) is 12.4. The summed E-state index contributed by atoms with van der Waals surface area (Å²) in [5, 5.41) is 5.95. The molecule has 0 atom stereocenters. The number of nitrogens with one attached hydrogen (secondary N) is 2. The summed E-state index contributed by atoms with van der Waals surface area (Å²) in [5.41, 5.74) is 0. The van der Waals surface area contributed by atoms with E-state index in [-0.39, 0.29) is 5.91 Å². The van der Waals surface area contributed by atoms with E-state index in [1.54, 1.807) is 7.11 Å². The predicted molar refractivity (Wildman–Crippen MR) is 52.7 cm³/mol. The largest absolute Gasteiger partial charge is 0.385 e. The van der Waals surface area contributed by atoms with Crippen molar-refractivity contribution in [1.29, 1.82) is 0 Å². The number of likely N-dealkylation sites (N-methyl/N-ethyl adjacent to an activating group) is 1. The van der Waals surface area contributed by atoms with Gasteiger partial charge in [0.2, 0.25) is 5.91 Å². The van der Waals surface area contributed by atoms with Crippen LogP contribution in [0.25, 0.3) is 0 Å². The van der Waals surface area contributed by atoms with Gasteiger partial charge in [-0.2, -0.15) is 0 Å². The number of amides is 1. The molecule has 0 aromatic rings. The van der Waals surface area contributed by atoms with Crippen molar-refractivity contribution in [2.75, 3.05) is 33.4 Å². The first-order valence-corrected chi connectivity index (χ1v) is 4.77. The van der Waals surface area contributed by atoms with Crippen LogP contribution in [0.2, 0.25) is 0 Å². The van der Waals surface area contributed by atoms with Crippen LogP contribution >= 0.6 is 0 Å². The molecule has 0 aliphatic heterocycles. The second kappa shape index (κ2) is 9.48. The standard InChI is InChI=1S/C9H20N2O2/c1-3-10-6-7-11-9(12)5-4-8-13-2/h10H,3-8H2,1-2H3,(H,11,12). The summed E-state index contributed by atoms with van der Waals surface area (Å²) in [6.45, 7) is 5.19. The van der Waals surface area contributed by atoms with Gasteiger partial charge in [-0.15, -0.1) is 0 Å². The van der Waals surface area contributed by atoms with E-state index >= 15 is 0 Å². The summed E-state index contributed by atoms with van der Waals surface area (Å²) in [4.78, 5) is 11.1. The number of ether oxygens (including phenoxy) is 1. The Morgan fingerprint density at radius 3 is 2.77 bits per heavy atom. The van der Waals surface area contributed by atoms with Crippen LogP contribution in [-0.4, -0.2) is 39.3 Å². The van der Waals surface area contributed by atoms with Crippen molar-refractivity contribution >= 4 is 5.91 Å². The molecular formula is C9H20N2O2. The minimum Gasteiger partial charge on any atom is -0.385 e. The molecule has 0 heterocycles. The average molecular weight is 188 g/mol. The normalized spacial score (nSPS) is 10.0. The Morgan fingerprint density at radius 1 is 1.38 bits per heavy atom. The van der Waals surface area contributed by atoms with Gasteiger partial charge in [0.15, 0.2) is 0 Å². The fourth-order valence-corrected chi connectivity index (χ4v) is 0.933. The third-order valence-electron chi connectivity index (χ3n) is 1.63. The lowest BCUT2D eigenvalue weighted by molar-refractivity contribution is -0.121.